The number of carbonyl (C=O) groups excluding carboxylic acids is 1. The van der Waals surface area contributed by atoms with E-state index in [0.29, 0.717) is 20.9 Å². The Bertz CT molecular complexity index is 1370. The van der Waals surface area contributed by atoms with E-state index in [1.807, 2.05) is 0 Å². The molecule has 0 aliphatic heterocycles. The van der Waals surface area contributed by atoms with Crippen LogP contribution in [0.4, 0.5) is 18.9 Å². The first-order valence-electron chi connectivity index (χ1n) is 9.09. The summed E-state index contributed by atoms with van der Waals surface area (Å²) in [6, 6.07) is 13.0. The molecular formula is C21H13ClF3N3O2S2. The van der Waals surface area contributed by atoms with Crippen LogP contribution in [0.25, 0.3) is 15.9 Å². The van der Waals surface area contributed by atoms with Crippen molar-refractivity contribution in [2.45, 2.75) is 11.3 Å². The maximum absolute atomic E-state index is 13.2. The highest BCUT2D eigenvalue weighted by Crippen LogP contribution is 2.34. The van der Waals surface area contributed by atoms with Crippen molar-refractivity contribution >= 4 is 56.5 Å². The number of hydrogen-bond donors (Lipinski definition) is 1. The van der Waals surface area contributed by atoms with Crippen molar-refractivity contribution < 1.29 is 18.0 Å². The molecule has 0 aliphatic carbocycles. The fourth-order valence-corrected chi connectivity index (χ4v) is 4.74. The summed E-state index contributed by atoms with van der Waals surface area (Å²) in [5, 5.41) is 4.66. The summed E-state index contributed by atoms with van der Waals surface area (Å²) in [4.78, 5) is 30.0. The number of thioether (sulfide) groups is 1. The molecule has 0 atom stereocenters. The molecule has 0 bridgehead atoms. The molecule has 0 unspecified atom stereocenters. The van der Waals surface area contributed by atoms with Crippen LogP contribution in [-0.2, 0) is 11.0 Å². The smallest absolute Gasteiger partial charge is 0.325 e. The van der Waals surface area contributed by atoms with Crippen molar-refractivity contribution in [3.63, 3.8) is 0 Å². The second kappa shape index (κ2) is 8.97. The van der Waals surface area contributed by atoms with Gasteiger partial charge in [0.05, 0.1) is 28.2 Å². The summed E-state index contributed by atoms with van der Waals surface area (Å²) < 4.78 is 41.3. The van der Waals surface area contributed by atoms with E-state index in [-0.39, 0.29) is 22.2 Å². The molecule has 0 spiro atoms. The van der Waals surface area contributed by atoms with Crippen LogP contribution in [0.1, 0.15) is 5.56 Å². The van der Waals surface area contributed by atoms with Gasteiger partial charge in [-0.1, -0.05) is 41.6 Å². The highest BCUT2D eigenvalue weighted by Gasteiger charge is 2.33. The summed E-state index contributed by atoms with van der Waals surface area (Å²) in [6.07, 6.45) is -4.60. The van der Waals surface area contributed by atoms with Crippen LogP contribution in [0.3, 0.4) is 0 Å². The molecule has 1 N–H and O–H groups in total. The van der Waals surface area contributed by atoms with Crippen molar-refractivity contribution in [1.82, 2.24) is 9.55 Å². The Morgan fingerprint density at radius 2 is 1.94 bits per heavy atom. The van der Waals surface area contributed by atoms with Gasteiger partial charge >= 0.3 is 6.18 Å². The van der Waals surface area contributed by atoms with E-state index >= 15 is 0 Å². The molecule has 0 saturated carbocycles. The van der Waals surface area contributed by atoms with Gasteiger partial charge in [0, 0.05) is 5.02 Å². The van der Waals surface area contributed by atoms with Crippen LogP contribution < -0.4 is 10.9 Å². The lowest BCUT2D eigenvalue weighted by atomic mass is 10.1. The predicted molar refractivity (Wildman–Crippen MR) is 121 cm³/mol. The number of carbonyl (C=O) groups is 1. The molecule has 0 aliphatic rings. The summed E-state index contributed by atoms with van der Waals surface area (Å²) in [5.74, 6) is -0.918. The first-order chi connectivity index (χ1) is 15.2. The Kier molecular flexibility index (Phi) is 6.27. The van der Waals surface area contributed by atoms with Crippen molar-refractivity contribution in [3.05, 3.63) is 80.9 Å². The van der Waals surface area contributed by atoms with E-state index < -0.39 is 17.6 Å². The average Bonchev–Trinajstić information content (AvgIpc) is 3.21. The number of amides is 1. The standard InChI is InChI=1S/C21H13ClF3N3O2S2/c22-12-4-3-5-13(10-12)28-19(30)18-16(8-9-31-18)27-20(28)32-11-17(29)26-15-7-2-1-6-14(15)21(23,24)25/h1-10H,11H2,(H,26,29). The van der Waals surface area contributed by atoms with Gasteiger partial charge in [0.25, 0.3) is 5.56 Å². The van der Waals surface area contributed by atoms with Gasteiger partial charge in [-0.2, -0.15) is 13.2 Å². The summed E-state index contributed by atoms with van der Waals surface area (Å²) in [6.45, 7) is 0. The molecule has 164 valence electrons. The van der Waals surface area contributed by atoms with Crippen LogP contribution in [0, 0.1) is 0 Å². The monoisotopic (exact) mass is 495 g/mol. The van der Waals surface area contributed by atoms with E-state index in [1.54, 1.807) is 35.7 Å². The fraction of sp³-hybridized carbons (Fsp3) is 0.0952. The Hall–Kier alpha value is -2.82. The van der Waals surface area contributed by atoms with Gasteiger partial charge in [0.15, 0.2) is 5.16 Å². The lowest BCUT2D eigenvalue weighted by Crippen LogP contribution is -2.22. The normalized spacial score (nSPS) is 11.6. The minimum absolute atomic E-state index is 0.224. The van der Waals surface area contributed by atoms with Gasteiger partial charge in [0.2, 0.25) is 5.91 Å². The van der Waals surface area contributed by atoms with Gasteiger partial charge in [-0.05, 0) is 41.8 Å². The van der Waals surface area contributed by atoms with Gasteiger partial charge in [-0.3, -0.25) is 14.2 Å². The molecule has 4 aromatic rings. The van der Waals surface area contributed by atoms with Crippen molar-refractivity contribution in [1.29, 1.82) is 0 Å². The third kappa shape index (κ3) is 4.67. The number of hydrogen-bond acceptors (Lipinski definition) is 5. The number of para-hydroxylation sites is 1. The molecule has 0 radical (unpaired) electrons. The quantitative estimate of drug-likeness (QED) is 0.278. The predicted octanol–water partition coefficient (Wildman–Crippen LogP) is 5.85. The summed E-state index contributed by atoms with van der Waals surface area (Å²) in [7, 11) is 0. The second-order valence-electron chi connectivity index (χ2n) is 6.53. The average molecular weight is 496 g/mol. The molecule has 5 nitrogen and oxygen atoms in total. The van der Waals surface area contributed by atoms with E-state index in [0.717, 1.165) is 17.8 Å². The topological polar surface area (TPSA) is 64.0 Å². The van der Waals surface area contributed by atoms with Crippen LogP contribution in [-0.4, -0.2) is 21.2 Å². The maximum atomic E-state index is 13.2. The number of anilines is 1. The van der Waals surface area contributed by atoms with Gasteiger partial charge < -0.3 is 5.32 Å². The van der Waals surface area contributed by atoms with Gasteiger partial charge in [-0.25, -0.2) is 4.98 Å². The SMILES string of the molecule is O=C(CSc1nc2ccsc2c(=O)n1-c1cccc(Cl)c1)Nc1ccccc1C(F)(F)F. The second-order valence-corrected chi connectivity index (χ2v) is 8.83. The van der Waals surface area contributed by atoms with E-state index in [1.165, 1.54) is 34.1 Å². The third-order valence-electron chi connectivity index (χ3n) is 4.35. The summed E-state index contributed by atoms with van der Waals surface area (Å²) in [5.41, 5.74) is -0.650. The molecule has 2 heterocycles. The maximum Gasteiger partial charge on any atom is 0.418 e. The highest BCUT2D eigenvalue weighted by atomic mass is 35.5. The first kappa shape index (κ1) is 22.4. The molecular weight excluding hydrogens is 483 g/mol. The highest BCUT2D eigenvalue weighted by molar-refractivity contribution is 7.99. The fourth-order valence-electron chi connectivity index (χ4n) is 2.99. The number of halogens is 4. The number of nitrogens with one attached hydrogen (secondary N) is 1. The molecule has 11 heteroatoms. The minimum atomic E-state index is -4.60. The van der Waals surface area contributed by atoms with Crippen LogP contribution in [0.2, 0.25) is 5.02 Å². The van der Waals surface area contributed by atoms with Crippen molar-refractivity contribution in [3.8, 4) is 5.69 Å². The van der Waals surface area contributed by atoms with Crippen molar-refractivity contribution in [2.24, 2.45) is 0 Å². The molecule has 0 fully saturated rings. The van der Waals surface area contributed by atoms with Crippen LogP contribution in [0.15, 0.2) is 69.9 Å². The third-order valence-corrected chi connectivity index (χ3v) is 6.42. The number of thiophene rings is 1. The van der Waals surface area contributed by atoms with E-state index in [2.05, 4.69) is 10.3 Å². The number of aromatic nitrogens is 2. The van der Waals surface area contributed by atoms with Crippen LogP contribution in [0.5, 0.6) is 0 Å². The summed E-state index contributed by atoms with van der Waals surface area (Å²) >= 11 is 8.25. The van der Waals surface area contributed by atoms with Gasteiger partial charge in [-0.15, -0.1) is 11.3 Å². The number of benzene rings is 2. The van der Waals surface area contributed by atoms with E-state index in [4.69, 9.17) is 11.6 Å². The lowest BCUT2D eigenvalue weighted by Gasteiger charge is -2.14. The van der Waals surface area contributed by atoms with Crippen molar-refractivity contribution in [2.75, 3.05) is 11.1 Å². The molecule has 1 amide bonds. The molecule has 0 saturated heterocycles. The number of rotatable bonds is 5. The van der Waals surface area contributed by atoms with E-state index in [9.17, 15) is 22.8 Å². The Morgan fingerprint density at radius 1 is 1.16 bits per heavy atom. The Labute approximate surface area is 192 Å². The van der Waals surface area contributed by atoms with Gasteiger partial charge in [0.1, 0.15) is 4.70 Å². The zero-order chi connectivity index (χ0) is 22.9. The first-order valence-corrected chi connectivity index (χ1v) is 11.3. The number of alkyl halides is 3. The largest absolute Gasteiger partial charge is 0.418 e. The zero-order valence-electron chi connectivity index (χ0n) is 16.0. The lowest BCUT2D eigenvalue weighted by molar-refractivity contribution is -0.137. The molecule has 2 aromatic heterocycles. The zero-order valence-corrected chi connectivity index (χ0v) is 18.4. The van der Waals surface area contributed by atoms with Crippen LogP contribution >= 0.6 is 34.7 Å². The Morgan fingerprint density at radius 3 is 2.69 bits per heavy atom. The Balaban J connectivity index is 1.63. The number of nitrogens with zero attached hydrogens (tertiary/aromatic N) is 2. The molecule has 32 heavy (non-hydrogen) atoms. The molecule has 4 rings (SSSR count). The minimum Gasteiger partial charge on any atom is -0.325 e. The number of fused-ring (bicyclic) bond motifs is 1. The molecule has 2 aromatic carbocycles.